The minimum Gasteiger partial charge on any atom is -0.463 e. The van der Waals surface area contributed by atoms with Crippen molar-refractivity contribution in [1.29, 1.82) is 0 Å². The van der Waals surface area contributed by atoms with Gasteiger partial charge in [-0.15, -0.1) is 0 Å². The molecule has 2 heterocycles. The van der Waals surface area contributed by atoms with Crippen molar-refractivity contribution < 1.29 is 28.2 Å². The number of aromatic nitrogens is 1. The molecule has 0 aliphatic carbocycles. The summed E-state index contributed by atoms with van der Waals surface area (Å²) in [5.41, 5.74) is 2.99. The fraction of sp³-hybridized carbons (Fsp3) is 0.632. The van der Waals surface area contributed by atoms with Gasteiger partial charge in [0.1, 0.15) is 12.7 Å². The Morgan fingerprint density at radius 2 is 1.89 bits per heavy atom. The van der Waals surface area contributed by atoms with Gasteiger partial charge in [-0.2, -0.15) is 0 Å². The summed E-state index contributed by atoms with van der Waals surface area (Å²) in [5, 5.41) is 0. The molecule has 0 radical (unpaired) electrons. The maximum Gasteiger partial charge on any atom is 0.308 e. The molecule has 0 bridgehead atoms. The molecule has 1 fully saturated rings. The number of nitrogens with zero attached hydrogens (tertiary/aromatic N) is 1. The summed E-state index contributed by atoms with van der Waals surface area (Å²) in [5.74, 6) is -1.99. The first kappa shape index (κ1) is 21.9. The third-order valence-corrected chi connectivity index (χ3v) is 4.48. The molecule has 0 spiro atoms. The van der Waals surface area contributed by atoms with Crippen LogP contribution < -0.4 is 11.3 Å². The maximum absolute atomic E-state index is 15.7. The van der Waals surface area contributed by atoms with Crippen molar-refractivity contribution in [1.82, 2.24) is 4.57 Å². The molecule has 0 saturated carbocycles. The first-order valence-electron chi connectivity index (χ1n) is 9.14. The molecule has 156 valence electrons. The number of hydrogen-bond donors (Lipinski definition) is 1. The second kappa shape index (κ2) is 8.30. The fourth-order valence-corrected chi connectivity index (χ4v) is 2.82. The summed E-state index contributed by atoms with van der Waals surface area (Å²) < 4.78 is 33.0. The monoisotopic (exact) mass is 398 g/mol. The van der Waals surface area contributed by atoms with E-state index in [2.05, 4.69) is 0 Å². The quantitative estimate of drug-likeness (QED) is 0.728. The zero-order valence-electron chi connectivity index (χ0n) is 16.7. The Kier molecular flexibility index (Phi) is 6.48. The number of ether oxygens (including phenoxy) is 3. The number of alkyl halides is 1. The van der Waals surface area contributed by atoms with Gasteiger partial charge in [0.25, 0.3) is 5.56 Å². The normalized spacial score (nSPS) is 27.2. The van der Waals surface area contributed by atoms with Gasteiger partial charge >= 0.3 is 11.9 Å². The van der Waals surface area contributed by atoms with Crippen molar-refractivity contribution in [3.63, 3.8) is 0 Å². The standard InChI is InChI=1S/C19H27FN2O6/c1-10(2)16(24)26-9-13-15(28-17(25)11(3)4)19(5,20)18(27-13)22-7-6-12(21)8-14(22)23/h6-8,10-11,13,15,18H,9,21H2,1-5H3/t13-,15+,18?,19+/m1/s1. The molecule has 1 aliphatic rings. The van der Waals surface area contributed by atoms with Crippen molar-refractivity contribution in [2.75, 3.05) is 12.3 Å². The molecule has 4 atom stereocenters. The highest BCUT2D eigenvalue weighted by Crippen LogP contribution is 2.43. The summed E-state index contributed by atoms with van der Waals surface area (Å²) in [6.45, 7) is 7.41. The van der Waals surface area contributed by atoms with Crippen molar-refractivity contribution in [3.05, 3.63) is 28.7 Å². The van der Waals surface area contributed by atoms with Gasteiger partial charge in [-0.1, -0.05) is 27.7 Å². The Bertz CT molecular complexity index is 789. The number of pyridine rings is 1. The molecule has 1 saturated heterocycles. The SMILES string of the molecule is CC(C)C(=O)OC[C@H]1OC(n2ccc(N)cc2=O)[C@@](C)(F)[C@H]1OC(=O)C(C)C. The van der Waals surface area contributed by atoms with E-state index in [0.717, 1.165) is 10.6 Å². The van der Waals surface area contributed by atoms with Crippen LogP contribution >= 0.6 is 0 Å². The molecule has 1 aromatic heterocycles. The van der Waals surface area contributed by atoms with E-state index in [9.17, 15) is 14.4 Å². The second-order valence-electron chi connectivity index (χ2n) is 7.68. The minimum absolute atomic E-state index is 0.227. The number of carbonyl (C=O) groups is 2. The van der Waals surface area contributed by atoms with E-state index in [4.69, 9.17) is 19.9 Å². The van der Waals surface area contributed by atoms with Crippen molar-refractivity contribution in [2.24, 2.45) is 11.8 Å². The van der Waals surface area contributed by atoms with Gasteiger partial charge in [0.2, 0.25) is 0 Å². The number of rotatable bonds is 6. The van der Waals surface area contributed by atoms with Gasteiger partial charge in [0.05, 0.1) is 11.8 Å². The lowest BCUT2D eigenvalue weighted by atomic mass is 9.97. The molecular weight excluding hydrogens is 371 g/mol. The van der Waals surface area contributed by atoms with Crippen LogP contribution in [0.2, 0.25) is 0 Å². The van der Waals surface area contributed by atoms with Crippen LogP contribution in [0.3, 0.4) is 0 Å². The van der Waals surface area contributed by atoms with Gasteiger partial charge in [0, 0.05) is 18.0 Å². The predicted molar refractivity (Wildman–Crippen MR) is 99.1 cm³/mol. The Hall–Kier alpha value is -2.42. The Balaban J connectivity index is 2.34. The number of carbonyl (C=O) groups excluding carboxylic acids is 2. The molecule has 0 aromatic carbocycles. The van der Waals surface area contributed by atoms with Crippen molar-refractivity contribution in [2.45, 2.75) is 58.7 Å². The number of halogens is 1. The highest BCUT2D eigenvalue weighted by atomic mass is 19.1. The smallest absolute Gasteiger partial charge is 0.308 e. The zero-order valence-corrected chi connectivity index (χ0v) is 16.7. The first-order valence-corrected chi connectivity index (χ1v) is 9.14. The topological polar surface area (TPSA) is 110 Å². The highest BCUT2D eigenvalue weighted by Gasteiger charge is 2.58. The number of hydrogen-bond acceptors (Lipinski definition) is 7. The van der Waals surface area contributed by atoms with E-state index < -0.39 is 47.5 Å². The minimum atomic E-state index is -2.25. The van der Waals surface area contributed by atoms with E-state index in [1.165, 1.54) is 19.2 Å². The lowest BCUT2D eigenvalue weighted by Crippen LogP contribution is -2.46. The van der Waals surface area contributed by atoms with Gasteiger partial charge in [-0.25, -0.2) is 4.39 Å². The number of nitrogens with two attached hydrogens (primary N) is 1. The summed E-state index contributed by atoms with van der Waals surface area (Å²) in [4.78, 5) is 36.1. The Morgan fingerprint density at radius 1 is 1.29 bits per heavy atom. The van der Waals surface area contributed by atoms with Crippen LogP contribution in [-0.2, 0) is 23.8 Å². The number of nitrogen functional groups attached to an aromatic ring is 1. The Labute approximate surface area is 162 Å². The largest absolute Gasteiger partial charge is 0.463 e. The van der Waals surface area contributed by atoms with Crippen LogP contribution in [0, 0.1) is 11.8 Å². The number of esters is 2. The molecule has 8 nitrogen and oxygen atoms in total. The Morgan fingerprint density at radius 3 is 2.43 bits per heavy atom. The third kappa shape index (κ3) is 4.52. The van der Waals surface area contributed by atoms with Gasteiger partial charge < -0.3 is 19.9 Å². The van der Waals surface area contributed by atoms with Gasteiger partial charge in [0.15, 0.2) is 18.0 Å². The van der Waals surface area contributed by atoms with Crippen molar-refractivity contribution >= 4 is 17.6 Å². The average molecular weight is 398 g/mol. The van der Waals surface area contributed by atoms with Gasteiger partial charge in [-0.3, -0.25) is 19.0 Å². The van der Waals surface area contributed by atoms with Crippen LogP contribution in [-0.4, -0.2) is 41.0 Å². The van der Waals surface area contributed by atoms with Crippen LogP contribution in [0.15, 0.2) is 23.1 Å². The number of anilines is 1. The molecule has 1 aliphatic heterocycles. The second-order valence-corrected chi connectivity index (χ2v) is 7.68. The third-order valence-electron chi connectivity index (χ3n) is 4.48. The molecule has 0 amide bonds. The molecule has 1 aromatic rings. The van der Waals surface area contributed by atoms with Crippen LogP contribution in [0.25, 0.3) is 0 Å². The van der Waals surface area contributed by atoms with Crippen molar-refractivity contribution in [3.8, 4) is 0 Å². The molecule has 1 unspecified atom stereocenters. The lowest BCUT2D eigenvalue weighted by Gasteiger charge is -2.28. The van der Waals surface area contributed by atoms with E-state index in [1.54, 1.807) is 27.7 Å². The molecule has 9 heteroatoms. The molecule has 2 N–H and O–H groups in total. The van der Waals surface area contributed by atoms with E-state index in [-0.39, 0.29) is 18.2 Å². The molecule has 28 heavy (non-hydrogen) atoms. The fourth-order valence-electron chi connectivity index (χ4n) is 2.82. The van der Waals surface area contributed by atoms with Crippen LogP contribution in [0.5, 0.6) is 0 Å². The van der Waals surface area contributed by atoms with E-state index in [1.807, 2.05) is 0 Å². The van der Waals surface area contributed by atoms with E-state index >= 15 is 4.39 Å². The summed E-state index contributed by atoms with van der Waals surface area (Å²) in [6, 6.07) is 2.57. The predicted octanol–water partition coefficient (Wildman–Crippen LogP) is 1.82. The first-order chi connectivity index (χ1) is 12.9. The van der Waals surface area contributed by atoms with Crippen LogP contribution in [0.1, 0.15) is 40.8 Å². The lowest BCUT2D eigenvalue weighted by molar-refractivity contribution is -0.165. The summed E-state index contributed by atoms with van der Waals surface area (Å²) in [7, 11) is 0. The summed E-state index contributed by atoms with van der Waals surface area (Å²) >= 11 is 0. The highest BCUT2D eigenvalue weighted by molar-refractivity contribution is 5.72. The average Bonchev–Trinajstić information content (AvgIpc) is 2.83. The summed E-state index contributed by atoms with van der Waals surface area (Å²) in [6.07, 6.45) is -2.51. The van der Waals surface area contributed by atoms with Crippen LogP contribution in [0.4, 0.5) is 10.1 Å². The molecule has 2 rings (SSSR count). The van der Waals surface area contributed by atoms with E-state index in [0.29, 0.717) is 0 Å². The van der Waals surface area contributed by atoms with Gasteiger partial charge in [-0.05, 0) is 13.0 Å². The zero-order chi connectivity index (χ0) is 21.2. The molecular formula is C19H27FN2O6. The maximum atomic E-state index is 15.7.